The smallest absolute Gasteiger partial charge is 0.254 e. The number of nitrogens with zero attached hydrogens (tertiary/aromatic N) is 2. The predicted molar refractivity (Wildman–Crippen MR) is 49.3 cm³/mol. The largest absolute Gasteiger partial charge is 0.368 e. The lowest BCUT2D eigenvalue weighted by Gasteiger charge is -2.18. The van der Waals surface area contributed by atoms with Crippen LogP contribution in [0, 0.1) is 0 Å². The van der Waals surface area contributed by atoms with E-state index in [-0.39, 0.29) is 12.7 Å². The lowest BCUT2D eigenvalue weighted by Crippen LogP contribution is -2.16. The maximum absolute atomic E-state index is 5.48. The predicted octanol–water partition coefficient (Wildman–Crippen LogP) is 0.264. The lowest BCUT2D eigenvalue weighted by molar-refractivity contribution is 0.0676. The summed E-state index contributed by atoms with van der Waals surface area (Å²) in [5, 5.41) is 3.80. The molecule has 1 aromatic rings. The van der Waals surface area contributed by atoms with Crippen molar-refractivity contribution in [1.29, 1.82) is 0 Å². The van der Waals surface area contributed by atoms with Gasteiger partial charge in [-0.25, -0.2) is 5.90 Å². The van der Waals surface area contributed by atoms with Gasteiger partial charge in [-0.15, -0.1) is 0 Å². The van der Waals surface area contributed by atoms with Gasteiger partial charge in [0.05, 0.1) is 6.61 Å². The van der Waals surface area contributed by atoms with Crippen LogP contribution in [0.4, 0.5) is 0 Å². The molecule has 14 heavy (non-hydrogen) atoms. The molecular weight excluding hydrogens is 206 g/mol. The second-order valence-corrected chi connectivity index (χ2v) is 3.94. The number of rotatable bonds is 3. The Morgan fingerprint density at radius 2 is 2.57 bits per heavy atom. The summed E-state index contributed by atoms with van der Waals surface area (Å²) < 4.78 is 10.4. The molecule has 2 rings (SSSR count). The number of aromatic nitrogens is 2. The van der Waals surface area contributed by atoms with E-state index in [1.54, 1.807) is 0 Å². The Kier molecular flexibility index (Phi) is 3.35. The molecule has 7 heteroatoms. The minimum Gasteiger partial charge on any atom is -0.368 e. The minimum absolute atomic E-state index is 0.0657. The van der Waals surface area contributed by atoms with E-state index in [0.29, 0.717) is 11.7 Å². The van der Waals surface area contributed by atoms with Crippen molar-refractivity contribution in [1.82, 2.24) is 10.1 Å². The van der Waals surface area contributed by atoms with Crippen molar-refractivity contribution in [2.24, 2.45) is 5.90 Å². The summed E-state index contributed by atoms with van der Waals surface area (Å²) in [7, 11) is 0. The molecule has 6 nitrogen and oxygen atoms in total. The topological polar surface area (TPSA) is 83.4 Å². The molecule has 0 saturated carbocycles. The highest BCUT2D eigenvalue weighted by atomic mass is 32.2. The minimum atomic E-state index is -0.0657. The van der Waals surface area contributed by atoms with Gasteiger partial charge in [-0.3, -0.25) is 4.84 Å². The third-order valence-electron chi connectivity index (χ3n) is 1.79. The Morgan fingerprint density at radius 1 is 1.64 bits per heavy atom. The number of hydrogen-bond acceptors (Lipinski definition) is 7. The maximum Gasteiger partial charge on any atom is 0.254 e. The molecule has 1 fully saturated rings. The maximum atomic E-state index is 5.48. The molecule has 2 heterocycles. The lowest BCUT2D eigenvalue weighted by atomic mass is 10.4. The fourth-order valence-electron chi connectivity index (χ4n) is 1.17. The second-order valence-electron chi connectivity index (χ2n) is 2.79. The fourth-order valence-corrected chi connectivity index (χ4v) is 2.01. The molecule has 1 aromatic heterocycles. The second kappa shape index (κ2) is 4.74. The molecule has 2 N–H and O–H groups in total. The molecule has 78 valence electrons. The van der Waals surface area contributed by atoms with E-state index in [1.165, 1.54) is 0 Å². The normalized spacial score (nSPS) is 22.5. The van der Waals surface area contributed by atoms with Crippen LogP contribution in [0.1, 0.15) is 17.8 Å². The first-order chi connectivity index (χ1) is 6.90. The summed E-state index contributed by atoms with van der Waals surface area (Å²) in [5.74, 6) is 7.72. The van der Waals surface area contributed by atoms with Gasteiger partial charge in [0, 0.05) is 11.5 Å². The number of thioether (sulfide) groups is 1. The van der Waals surface area contributed by atoms with Gasteiger partial charge in [-0.05, 0) is 0 Å². The van der Waals surface area contributed by atoms with Crippen LogP contribution in [-0.4, -0.2) is 28.3 Å². The standard InChI is InChI=1S/C7H11N3O3S/c8-12-3-6-9-7(10-13-6)5-4-14-2-1-11-5/h5H,1-4,8H2. The van der Waals surface area contributed by atoms with Crippen LogP contribution >= 0.6 is 11.8 Å². The molecule has 1 aliphatic rings. The third-order valence-corrected chi connectivity index (χ3v) is 2.79. The SMILES string of the molecule is NOCc1nc(C2CSCCO2)no1. The van der Waals surface area contributed by atoms with Crippen molar-refractivity contribution in [3.8, 4) is 0 Å². The molecule has 0 amide bonds. The Labute approximate surface area is 85.1 Å². The first-order valence-electron chi connectivity index (χ1n) is 4.23. The first-order valence-corrected chi connectivity index (χ1v) is 5.39. The van der Waals surface area contributed by atoms with Gasteiger partial charge in [-0.2, -0.15) is 16.7 Å². The Hall–Kier alpha value is -0.630. The highest BCUT2D eigenvalue weighted by molar-refractivity contribution is 7.99. The third kappa shape index (κ3) is 2.24. The summed E-state index contributed by atoms with van der Waals surface area (Å²) in [6, 6.07) is 0. The molecule has 1 aliphatic heterocycles. The zero-order valence-electron chi connectivity index (χ0n) is 7.51. The van der Waals surface area contributed by atoms with Gasteiger partial charge >= 0.3 is 0 Å². The highest BCUT2D eigenvalue weighted by Gasteiger charge is 2.21. The zero-order valence-corrected chi connectivity index (χ0v) is 8.33. The van der Waals surface area contributed by atoms with E-state index < -0.39 is 0 Å². The molecule has 0 bridgehead atoms. The van der Waals surface area contributed by atoms with Crippen LogP contribution in [0.2, 0.25) is 0 Å². The van der Waals surface area contributed by atoms with Crippen molar-refractivity contribution < 1.29 is 14.1 Å². The van der Waals surface area contributed by atoms with Gasteiger partial charge in [0.15, 0.2) is 0 Å². The Morgan fingerprint density at radius 3 is 3.29 bits per heavy atom. The summed E-state index contributed by atoms with van der Waals surface area (Å²) in [5.41, 5.74) is 0. The van der Waals surface area contributed by atoms with Crippen LogP contribution in [0.5, 0.6) is 0 Å². The molecular formula is C7H11N3O3S. The van der Waals surface area contributed by atoms with Crippen molar-refractivity contribution in [3.05, 3.63) is 11.7 Å². The van der Waals surface area contributed by atoms with Gasteiger partial charge < -0.3 is 9.26 Å². The van der Waals surface area contributed by atoms with Gasteiger partial charge in [-0.1, -0.05) is 5.16 Å². The van der Waals surface area contributed by atoms with E-state index >= 15 is 0 Å². The summed E-state index contributed by atoms with van der Waals surface area (Å²) >= 11 is 1.82. The first kappa shape index (κ1) is 9.91. The van der Waals surface area contributed by atoms with Crippen molar-refractivity contribution in [2.45, 2.75) is 12.7 Å². The molecule has 1 saturated heterocycles. The van der Waals surface area contributed by atoms with Crippen LogP contribution < -0.4 is 5.90 Å². The monoisotopic (exact) mass is 217 g/mol. The number of nitrogens with two attached hydrogens (primary N) is 1. The van der Waals surface area contributed by atoms with E-state index in [2.05, 4.69) is 15.0 Å². The fraction of sp³-hybridized carbons (Fsp3) is 0.714. The molecule has 0 aliphatic carbocycles. The molecule has 1 unspecified atom stereocenters. The van der Waals surface area contributed by atoms with Gasteiger partial charge in [0.2, 0.25) is 5.82 Å². The summed E-state index contributed by atoms with van der Waals surface area (Å²) in [6.45, 7) is 0.861. The van der Waals surface area contributed by atoms with Crippen molar-refractivity contribution in [3.63, 3.8) is 0 Å². The average molecular weight is 217 g/mol. The van der Waals surface area contributed by atoms with Crippen molar-refractivity contribution >= 4 is 11.8 Å². The summed E-state index contributed by atoms with van der Waals surface area (Å²) in [6.07, 6.45) is -0.0657. The Balaban J connectivity index is 2.00. The van der Waals surface area contributed by atoms with Gasteiger partial charge in [0.1, 0.15) is 12.7 Å². The Bertz CT molecular complexity index is 287. The molecule has 1 atom stereocenters. The number of hydrogen-bond donors (Lipinski definition) is 1. The van der Waals surface area contributed by atoms with Crippen LogP contribution in [0.25, 0.3) is 0 Å². The van der Waals surface area contributed by atoms with E-state index in [4.69, 9.17) is 15.2 Å². The van der Waals surface area contributed by atoms with Crippen LogP contribution in [0.15, 0.2) is 4.52 Å². The average Bonchev–Trinajstić information content (AvgIpc) is 2.68. The van der Waals surface area contributed by atoms with E-state index in [9.17, 15) is 0 Å². The van der Waals surface area contributed by atoms with Crippen molar-refractivity contribution in [2.75, 3.05) is 18.1 Å². The molecule has 0 aromatic carbocycles. The zero-order chi connectivity index (χ0) is 9.80. The van der Waals surface area contributed by atoms with Crippen LogP contribution in [-0.2, 0) is 16.2 Å². The number of ether oxygens (including phenoxy) is 1. The molecule has 0 radical (unpaired) electrons. The van der Waals surface area contributed by atoms with E-state index in [0.717, 1.165) is 18.1 Å². The van der Waals surface area contributed by atoms with Crippen LogP contribution in [0.3, 0.4) is 0 Å². The quantitative estimate of drug-likeness (QED) is 0.727. The highest BCUT2D eigenvalue weighted by Crippen LogP contribution is 2.24. The van der Waals surface area contributed by atoms with Gasteiger partial charge in [0.25, 0.3) is 5.89 Å². The summed E-state index contributed by atoms with van der Waals surface area (Å²) in [4.78, 5) is 8.49. The van der Waals surface area contributed by atoms with E-state index in [1.807, 2.05) is 11.8 Å². The molecule has 0 spiro atoms.